The number of rotatable bonds is 6. The van der Waals surface area contributed by atoms with Gasteiger partial charge in [-0.25, -0.2) is 0 Å². The third-order valence-electron chi connectivity index (χ3n) is 1.48. The molecule has 0 bridgehead atoms. The van der Waals surface area contributed by atoms with Gasteiger partial charge in [-0.15, -0.1) is 0 Å². The standard InChI is InChI=1S/C9H18INO/c1-8(2)7-9(12)11-6-4-3-5-10/h8H,3-7H2,1-2H3,(H,11,12). The largest absolute Gasteiger partial charge is 0.356 e. The maximum absolute atomic E-state index is 11.1. The monoisotopic (exact) mass is 283 g/mol. The summed E-state index contributed by atoms with van der Waals surface area (Å²) in [6.07, 6.45) is 2.96. The minimum absolute atomic E-state index is 0.193. The molecule has 1 amide bonds. The average Bonchev–Trinajstić information content (AvgIpc) is 1.97. The Morgan fingerprint density at radius 3 is 2.58 bits per heavy atom. The summed E-state index contributed by atoms with van der Waals surface area (Å²) in [6.45, 7) is 4.96. The van der Waals surface area contributed by atoms with Gasteiger partial charge in [0.05, 0.1) is 0 Å². The summed E-state index contributed by atoms with van der Waals surface area (Å²) in [7, 11) is 0. The SMILES string of the molecule is CC(C)CC(=O)NCCCCI. The van der Waals surface area contributed by atoms with Crippen LogP contribution >= 0.6 is 22.6 Å². The topological polar surface area (TPSA) is 29.1 Å². The first kappa shape index (κ1) is 12.2. The van der Waals surface area contributed by atoms with Crippen molar-refractivity contribution < 1.29 is 4.79 Å². The van der Waals surface area contributed by atoms with Crippen LogP contribution in [0.25, 0.3) is 0 Å². The highest BCUT2D eigenvalue weighted by atomic mass is 127. The summed E-state index contributed by atoms with van der Waals surface area (Å²) >= 11 is 2.35. The van der Waals surface area contributed by atoms with Crippen LogP contribution in [0.2, 0.25) is 0 Å². The van der Waals surface area contributed by atoms with Crippen molar-refractivity contribution in [2.45, 2.75) is 33.1 Å². The molecule has 0 aliphatic carbocycles. The van der Waals surface area contributed by atoms with Crippen LogP contribution in [0.3, 0.4) is 0 Å². The van der Waals surface area contributed by atoms with Gasteiger partial charge in [-0.2, -0.15) is 0 Å². The number of unbranched alkanes of at least 4 members (excludes halogenated alkanes) is 1. The molecular formula is C9H18INO. The molecule has 0 spiro atoms. The van der Waals surface area contributed by atoms with Crippen molar-refractivity contribution in [2.75, 3.05) is 11.0 Å². The quantitative estimate of drug-likeness (QED) is 0.452. The Morgan fingerprint density at radius 1 is 1.42 bits per heavy atom. The van der Waals surface area contributed by atoms with Crippen molar-refractivity contribution in [1.82, 2.24) is 5.32 Å². The van der Waals surface area contributed by atoms with Crippen LogP contribution in [-0.2, 0) is 4.79 Å². The molecule has 0 saturated heterocycles. The lowest BCUT2D eigenvalue weighted by molar-refractivity contribution is -0.121. The number of carbonyl (C=O) groups is 1. The highest BCUT2D eigenvalue weighted by Crippen LogP contribution is 1.98. The molecule has 12 heavy (non-hydrogen) atoms. The van der Waals surface area contributed by atoms with E-state index in [0.717, 1.165) is 13.0 Å². The van der Waals surface area contributed by atoms with Crippen LogP contribution in [0, 0.1) is 5.92 Å². The summed E-state index contributed by atoms with van der Waals surface area (Å²) in [5, 5.41) is 2.91. The Kier molecular flexibility index (Phi) is 7.96. The summed E-state index contributed by atoms with van der Waals surface area (Å²) in [5.41, 5.74) is 0. The molecule has 72 valence electrons. The maximum Gasteiger partial charge on any atom is 0.220 e. The fraction of sp³-hybridized carbons (Fsp3) is 0.889. The molecule has 0 aromatic rings. The summed E-state index contributed by atoms with van der Waals surface area (Å²) in [5.74, 6) is 0.660. The third kappa shape index (κ3) is 8.30. The van der Waals surface area contributed by atoms with Crippen molar-refractivity contribution >= 4 is 28.5 Å². The number of hydrogen-bond acceptors (Lipinski definition) is 1. The molecule has 0 aliphatic heterocycles. The highest BCUT2D eigenvalue weighted by molar-refractivity contribution is 14.1. The molecule has 0 atom stereocenters. The Morgan fingerprint density at radius 2 is 2.08 bits per heavy atom. The number of amides is 1. The molecule has 1 N–H and O–H groups in total. The second kappa shape index (κ2) is 7.83. The zero-order valence-corrected chi connectivity index (χ0v) is 10.1. The predicted octanol–water partition coefficient (Wildman–Crippen LogP) is 2.36. The number of hydrogen-bond donors (Lipinski definition) is 1. The molecule has 0 rings (SSSR count). The van der Waals surface area contributed by atoms with E-state index >= 15 is 0 Å². The highest BCUT2D eigenvalue weighted by Gasteiger charge is 2.02. The molecule has 0 heterocycles. The van der Waals surface area contributed by atoms with Gasteiger partial charge < -0.3 is 5.32 Å². The second-order valence-corrected chi connectivity index (χ2v) is 4.42. The number of alkyl halides is 1. The predicted molar refractivity (Wildman–Crippen MR) is 60.6 cm³/mol. The van der Waals surface area contributed by atoms with E-state index in [9.17, 15) is 4.79 Å². The third-order valence-corrected chi connectivity index (χ3v) is 2.24. The molecule has 0 fully saturated rings. The van der Waals surface area contributed by atoms with E-state index in [-0.39, 0.29) is 5.91 Å². The van der Waals surface area contributed by atoms with E-state index in [1.165, 1.54) is 10.8 Å². The van der Waals surface area contributed by atoms with Gasteiger partial charge in [-0.05, 0) is 23.2 Å². The van der Waals surface area contributed by atoms with Crippen LogP contribution in [0.1, 0.15) is 33.1 Å². The fourth-order valence-electron chi connectivity index (χ4n) is 0.890. The van der Waals surface area contributed by atoms with Gasteiger partial charge in [0.1, 0.15) is 0 Å². The fourth-order valence-corrected chi connectivity index (χ4v) is 1.43. The second-order valence-electron chi connectivity index (χ2n) is 3.34. The van der Waals surface area contributed by atoms with Crippen molar-refractivity contribution in [1.29, 1.82) is 0 Å². The van der Waals surface area contributed by atoms with Gasteiger partial charge in [-0.1, -0.05) is 36.4 Å². The van der Waals surface area contributed by atoms with E-state index in [1.54, 1.807) is 0 Å². The van der Waals surface area contributed by atoms with Gasteiger partial charge in [0.25, 0.3) is 0 Å². The van der Waals surface area contributed by atoms with Crippen LogP contribution < -0.4 is 5.32 Å². The minimum atomic E-state index is 0.193. The first-order valence-corrected chi connectivity index (χ1v) is 6.02. The molecule has 2 nitrogen and oxygen atoms in total. The normalized spacial score (nSPS) is 10.3. The molecule has 3 heteroatoms. The first-order valence-electron chi connectivity index (χ1n) is 4.49. The minimum Gasteiger partial charge on any atom is -0.356 e. The lowest BCUT2D eigenvalue weighted by Gasteiger charge is -2.05. The zero-order valence-electron chi connectivity index (χ0n) is 7.90. The Labute approximate surface area is 88.6 Å². The average molecular weight is 283 g/mol. The Balaban J connectivity index is 3.20. The van der Waals surface area contributed by atoms with Gasteiger partial charge in [0, 0.05) is 13.0 Å². The first-order chi connectivity index (χ1) is 5.66. The van der Waals surface area contributed by atoms with Crippen LogP contribution in [-0.4, -0.2) is 16.9 Å². The van der Waals surface area contributed by atoms with E-state index in [2.05, 4.69) is 41.8 Å². The van der Waals surface area contributed by atoms with Gasteiger partial charge in [0.2, 0.25) is 5.91 Å². The smallest absolute Gasteiger partial charge is 0.220 e. The lowest BCUT2D eigenvalue weighted by atomic mass is 10.1. The molecule has 0 aliphatic rings. The van der Waals surface area contributed by atoms with E-state index in [1.807, 2.05) is 0 Å². The van der Waals surface area contributed by atoms with Gasteiger partial charge >= 0.3 is 0 Å². The number of carbonyl (C=O) groups excluding carboxylic acids is 1. The Hall–Kier alpha value is 0.200. The summed E-state index contributed by atoms with van der Waals surface area (Å²) in [4.78, 5) is 11.1. The molecular weight excluding hydrogens is 265 g/mol. The van der Waals surface area contributed by atoms with Gasteiger partial charge in [-0.3, -0.25) is 4.79 Å². The van der Waals surface area contributed by atoms with Crippen molar-refractivity contribution in [3.63, 3.8) is 0 Å². The Bertz CT molecular complexity index is 126. The molecule has 0 saturated carbocycles. The summed E-state index contributed by atoms with van der Waals surface area (Å²) < 4.78 is 1.18. The van der Waals surface area contributed by atoms with Gasteiger partial charge in [0.15, 0.2) is 0 Å². The number of nitrogens with one attached hydrogen (secondary N) is 1. The van der Waals surface area contributed by atoms with Crippen LogP contribution in [0.15, 0.2) is 0 Å². The molecule has 0 radical (unpaired) electrons. The van der Waals surface area contributed by atoms with Crippen molar-refractivity contribution in [3.05, 3.63) is 0 Å². The number of halogens is 1. The summed E-state index contributed by atoms with van der Waals surface area (Å²) in [6, 6.07) is 0. The zero-order chi connectivity index (χ0) is 9.40. The molecule has 0 unspecified atom stereocenters. The molecule has 0 aromatic heterocycles. The lowest BCUT2D eigenvalue weighted by Crippen LogP contribution is -2.25. The van der Waals surface area contributed by atoms with Crippen molar-refractivity contribution in [2.24, 2.45) is 5.92 Å². The van der Waals surface area contributed by atoms with E-state index in [4.69, 9.17) is 0 Å². The van der Waals surface area contributed by atoms with E-state index in [0.29, 0.717) is 12.3 Å². The van der Waals surface area contributed by atoms with E-state index < -0.39 is 0 Å². The van der Waals surface area contributed by atoms with Crippen LogP contribution in [0.5, 0.6) is 0 Å². The van der Waals surface area contributed by atoms with Crippen LogP contribution in [0.4, 0.5) is 0 Å². The molecule has 0 aromatic carbocycles. The van der Waals surface area contributed by atoms with Crippen molar-refractivity contribution in [3.8, 4) is 0 Å². The maximum atomic E-state index is 11.1.